The highest BCUT2D eigenvalue weighted by molar-refractivity contribution is 5.93. The maximum absolute atomic E-state index is 10.7. The Hall–Kier alpha value is -1.32. The summed E-state index contributed by atoms with van der Waals surface area (Å²) in [4.78, 5) is 21.4. The summed E-state index contributed by atoms with van der Waals surface area (Å²) >= 11 is 0. The Bertz CT molecular complexity index is 245. The zero-order chi connectivity index (χ0) is 9.35. The standard InChI is InChI=1S/C8H10O4/c1-4-6(9)11-5(2)8(3)7(10)12-8/h4-5H,1H2,2-3H3. The molecule has 0 saturated carbocycles. The van der Waals surface area contributed by atoms with Gasteiger partial charge in [0.05, 0.1) is 0 Å². The molecule has 1 aliphatic rings. The van der Waals surface area contributed by atoms with Crippen molar-refractivity contribution in [1.29, 1.82) is 0 Å². The molecule has 4 heteroatoms. The predicted octanol–water partition coefficient (Wildman–Crippen LogP) is 0.420. The van der Waals surface area contributed by atoms with E-state index in [0.29, 0.717) is 0 Å². The van der Waals surface area contributed by atoms with Gasteiger partial charge in [0, 0.05) is 6.08 Å². The van der Waals surface area contributed by atoms with Gasteiger partial charge in [0.2, 0.25) is 5.60 Å². The molecule has 0 radical (unpaired) electrons. The smallest absolute Gasteiger partial charge is 0.355 e. The van der Waals surface area contributed by atoms with Crippen molar-refractivity contribution in [1.82, 2.24) is 0 Å². The number of hydrogen-bond acceptors (Lipinski definition) is 4. The zero-order valence-corrected chi connectivity index (χ0v) is 6.99. The highest BCUT2D eigenvalue weighted by Crippen LogP contribution is 2.33. The summed E-state index contributed by atoms with van der Waals surface area (Å²) in [6.45, 7) is 6.42. The topological polar surface area (TPSA) is 55.9 Å². The monoisotopic (exact) mass is 170 g/mol. The lowest BCUT2D eigenvalue weighted by atomic mass is 10.1. The van der Waals surface area contributed by atoms with Crippen LogP contribution in [-0.2, 0) is 19.1 Å². The third kappa shape index (κ3) is 1.32. The van der Waals surface area contributed by atoms with Gasteiger partial charge in [-0.05, 0) is 13.8 Å². The van der Waals surface area contributed by atoms with E-state index in [-0.39, 0.29) is 5.97 Å². The van der Waals surface area contributed by atoms with Crippen LogP contribution in [0, 0.1) is 0 Å². The highest BCUT2D eigenvalue weighted by Gasteiger charge is 2.59. The first-order valence-electron chi connectivity index (χ1n) is 3.57. The number of carbonyl (C=O) groups is 2. The van der Waals surface area contributed by atoms with Gasteiger partial charge in [-0.2, -0.15) is 0 Å². The van der Waals surface area contributed by atoms with Crippen molar-refractivity contribution in [2.45, 2.75) is 25.6 Å². The summed E-state index contributed by atoms with van der Waals surface area (Å²) < 4.78 is 9.46. The molecule has 0 aromatic rings. The Morgan fingerprint density at radius 2 is 2.33 bits per heavy atom. The van der Waals surface area contributed by atoms with Crippen LogP contribution in [0.4, 0.5) is 0 Å². The second-order valence-corrected chi connectivity index (χ2v) is 2.78. The lowest BCUT2D eigenvalue weighted by Crippen LogP contribution is -2.29. The largest absolute Gasteiger partial charge is 0.455 e. The van der Waals surface area contributed by atoms with Crippen molar-refractivity contribution in [3.8, 4) is 0 Å². The van der Waals surface area contributed by atoms with Gasteiger partial charge < -0.3 is 9.47 Å². The Morgan fingerprint density at radius 3 is 2.67 bits per heavy atom. The summed E-state index contributed by atoms with van der Waals surface area (Å²) in [6, 6.07) is 0. The average molecular weight is 170 g/mol. The van der Waals surface area contributed by atoms with Gasteiger partial charge in [-0.15, -0.1) is 0 Å². The fraction of sp³-hybridized carbons (Fsp3) is 0.500. The van der Waals surface area contributed by atoms with E-state index in [9.17, 15) is 9.59 Å². The lowest BCUT2D eigenvalue weighted by Gasteiger charge is -2.12. The Labute approximate surface area is 70.1 Å². The molecule has 0 aromatic heterocycles. The number of cyclic esters (lactones) is 1. The van der Waals surface area contributed by atoms with Crippen molar-refractivity contribution >= 4 is 11.9 Å². The summed E-state index contributed by atoms with van der Waals surface area (Å²) in [5.41, 5.74) is -0.932. The van der Waals surface area contributed by atoms with Gasteiger partial charge in [-0.25, -0.2) is 9.59 Å². The molecule has 2 unspecified atom stereocenters. The van der Waals surface area contributed by atoms with Crippen LogP contribution in [0.1, 0.15) is 13.8 Å². The second-order valence-electron chi connectivity index (χ2n) is 2.78. The summed E-state index contributed by atoms with van der Waals surface area (Å²) in [5, 5.41) is 0. The fourth-order valence-electron chi connectivity index (χ4n) is 0.751. The number of carbonyl (C=O) groups excluding carboxylic acids is 2. The van der Waals surface area contributed by atoms with E-state index in [1.54, 1.807) is 13.8 Å². The molecular weight excluding hydrogens is 160 g/mol. The molecule has 1 rings (SSSR count). The predicted molar refractivity (Wildman–Crippen MR) is 40.2 cm³/mol. The normalized spacial score (nSPS) is 28.7. The van der Waals surface area contributed by atoms with Crippen LogP contribution in [0.2, 0.25) is 0 Å². The highest BCUT2D eigenvalue weighted by atomic mass is 16.7. The molecule has 1 heterocycles. The number of rotatable bonds is 3. The van der Waals surface area contributed by atoms with Gasteiger partial charge in [0.15, 0.2) is 0 Å². The van der Waals surface area contributed by atoms with E-state index in [0.717, 1.165) is 6.08 Å². The molecule has 1 fully saturated rings. The van der Waals surface area contributed by atoms with Gasteiger partial charge in [-0.3, -0.25) is 0 Å². The van der Waals surface area contributed by atoms with Crippen LogP contribution in [0.15, 0.2) is 12.7 Å². The molecule has 66 valence electrons. The maximum atomic E-state index is 10.7. The van der Waals surface area contributed by atoms with E-state index in [1.165, 1.54) is 0 Å². The second kappa shape index (κ2) is 2.62. The van der Waals surface area contributed by atoms with Gasteiger partial charge >= 0.3 is 11.9 Å². The fourth-order valence-corrected chi connectivity index (χ4v) is 0.751. The average Bonchev–Trinajstić information content (AvgIpc) is 2.61. The van der Waals surface area contributed by atoms with Crippen LogP contribution in [0.3, 0.4) is 0 Å². The molecule has 0 amide bonds. The SMILES string of the molecule is C=CC(=O)OC(C)C1(C)OC1=O. The number of hydrogen-bond donors (Lipinski definition) is 0. The molecule has 0 bridgehead atoms. The van der Waals surface area contributed by atoms with Gasteiger partial charge in [0.25, 0.3) is 0 Å². The molecule has 4 nitrogen and oxygen atoms in total. The first-order chi connectivity index (χ1) is 5.50. The van der Waals surface area contributed by atoms with E-state index in [2.05, 4.69) is 11.3 Å². The van der Waals surface area contributed by atoms with Crippen molar-refractivity contribution in [2.75, 3.05) is 0 Å². The van der Waals surface area contributed by atoms with Crippen molar-refractivity contribution < 1.29 is 19.1 Å². The van der Waals surface area contributed by atoms with Gasteiger partial charge in [0.1, 0.15) is 6.10 Å². The Morgan fingerprint density at radius 1 is 1.83 bits per heavy atom. The van der Waals surface area contributed by atoms with Crippen LogP contribution in [-0.4, -0.2) is 23.6 Å². The lowest BCUT2D eigenvalue weighted by molar-refractivity contribution is -0.145. The molecule has 1 saturated heterocycles. The number of epoxide rings is 1. The molecule has 12 heavy (non-hydrogen) atoms. The minimum Gasteiger partial charge on any atom is -0.455 e. The van der Waals surface area contributed by atoms with E-state index < -0.39 is 17.7 Å². The molecule has 0 aliphatic carbocycles. The first-order valence-corrected chi connectivity index (χ1v) is 3.57. The zero-order valence-electron chi connectivity index (χ0n) is 6.99. The Kier molecular flexibility index (Phi) is 1.92. The third-order valence-corrected chi connectivity index (χ3v) is 1.90. The van der Waals surface area contributed by atoms with Crippen molar-refractivity contribution in [3.63, 3.8) is 0 Å². The van der Waals surface area contributed by atoms with E-state index in [1.807, 2.05) is 0 Å². The van der Waals surface area contributed by atoms with Crippen LogP contribution in [0.5, 0.6) is 0 Å². The third-order valence-electron chi connectivity index (χ3n) is 1.90. The maximum Gasteiger partial charge on any atom is 0.355 e. The number of esters is 1. The number of ether oxygens (including phenoxy) is 2. The van der Waals surface area contributed by atoms with Crippen LogP contribution < -0.4 is 0 Å². The van der Waals surface area contributed by atoms with Gasteiger partial charge in [-0.1, -0.05) is 6.58 Å². The quantitative estimate of drug-likeness (QED) is 0.350. The summed E-state index contributed by atoms with van der Waals surface area (Å²) in [6.07, 6.45) is 0.489. The molecule has 0 N–H and O–H groups in total. The van der Waals surface area contributed by atoms with Crippen molar-refractivity contribution in [2.24, 2.45) is 0 Å². The van der Waals surface area contributed by atoms with Crippen molar-refractivity contribution in [3.05, 3.63) is 12.7 Å². The molecule has 0 spiro atoms. The Balaban J connectivity index is 2.49. The molecule has 0 aromatic carbocycles. The molecule has 2 atom stereocenters. The summed E-state index contributed by atoms with van der Waals surface area (Å²) in [5.74, 6) is -0.890. The van der Waals surface area contributed by atoms with E-state index >= 15 is 0 Å². The first kappa shape index (κ1) is 8.77. The molecule has 1 aliphatic heterocycles. The summed E-state index contributed by atoms with van der Waals surface area (Å²) in [7, 11) is 0. The van der Waals surface area contributed by atoms with E-state index in [4.69, 9.17) is 4.74 Å². The molecular formula is C8H10O4. The van der Waals surface area contributed by atoms with Crippen LogP contribution >= 0.6 is 0 Å². The minimum atomic E-state index is -0.932. The minimum absolute atomic E-state index is 0.341. The van der Waals surface area contributed by atoms with Crippen LogP contribution in [0.25, 0.3) is 0 Å².